The number of hydrogen-bond donors (Lipinski definition) is 0. The van der Waals surface area contributed by atoms with Crippen molar-refractivity contribution in [2.45, 2.75) is 38.0 Å². The lowest BCUT2D eigenvalue weighted by Gasteiger charge is -2.32. The maximum Gasteiger partial charge on any atom is 0.410 e. The van der Waals surface area contributed by atoms with E-state index in [1.807, 2.05) is 53.4 Å². The van der Waals surface area contributed by atoms with E-state index in [0.717, 1.165) is 24.8 Å². The second-order valence-electron chi connectivity index (χ2n) is 6.94. The normalized spacial score (nSPS) is 21.7. The predicted molar refractivity (Wildman–Crippen MR) is 103 cm³/mol. The maximum atomic E-state index is 12.6. The lowest BCUT2D eigenvalue weighted by Crippen LogP contribution is -2.43. The molecule has 1 amide bonds. The molecule has 4 rings (SSSR count). The summed E-state index contributed by atoms with van der Waals surface area (Å²) in [5.74, 6) is 0. The summed E-state index contributed by atoms with van der Waals surface area (Å²) in [6, 6.07) is 20.6. The smallest absolute Gasteiger partial charge is 0.410 e. The zero-order valence-corrected chi connectivity index (χ0v) is 14.8. The van der Waals surface area contributed by atoms with E-state index in [1.54, 1.807) is 0 Å². The molecular formula is C23H23NO2. The van der Waals surface area contributed by atoms with Crippen molar-refractivity contribution in [3.05, 3.63) is 89.5 Å². The first kappa shape index (κ1) is 16.6. The number of nitrogens with zero attached hydrogens (tertiary/aromatic N) is 1. The first-order valence-corrected chi connectivity index (χ1v) is 9.22. The van der Waals surface area contributed by atoms with E-state index in [1.165, 1.54) is 11.1 Å². The van der Waals surface area contributed by atoms with Crippen LogP contribution in [-0.2, 0) is 11.3 Å². The van der Waals surface area contributed by atoms with Crippen LogP contribution in [0.4, 0.5) is 4.79 Å². The van der Waals surface area contributed by atoms with Crippen LogP contribution in [0.3, 0.4) is 0 Å². The van der Waals surface area contributed by atoms with E-state index in [0.29, 0.717) is 6.61 Å². The molecule has 2 heterocycles. The average molecular weight is 345 g/mol. The average Bonchev–Trinajstić information content (AvgIpc) is 2.96. The van der Waals surface area contributed by atoms with Gasteiger partial charge < -0.3 is 4.74 Å². The van der Waals surface area contributed by atoms with Gasteiger partial charge in [0.25, 0.3) is 0 Å². The molecule has 0 N–H and O–H groups in total. The topological polar surface area (TPSA) is 29.5 Å². The van der Waals surface area contributed by atoms with Gasteiger partial charge in [-0.05, 0) is 36.0 Å². The molecule has 1 fully saturated rings. The molecule has 2 aromatic rings. The molecule has 0 aliphatic carbocycles. The van der Waals surface area contributed by atoms with Gasteiger partial charge in [0.2, 0.25) is 0 Å². The van der Waals surface area contributed by atoms with E-state index in [2.05, 4.69) is 30.4 Å². The molecular weight excluding hydrogens is 322 g/mol. The lowest BCUT2D eigenvalue weighted by atomic mass is 10.0. The third kappa shape index (κ3) is 3.72. The van der Waals surface area contributed by atoms with Crippen LogP contribution in [0, 0.1) is 0 Å². The number of hydrogen-bond acceptors (Lipinski definition) is 2. The Morgan fingerprint density at radius 2 is 1.73 bits per heavy atom. The Morgan fingerprint density at radius 1 is 1.00 bits per heavy atom. The molecule has 26 heavy (non-hydrogen) atoms. The fourth-order valence-corrected chi connectivity index (χ4v) is 3.83. The van der Waals surface area contributed by atoms with Crippen molar-refractivity contribution in [3.63, 3.8) is 0 Å². The molecule has 0 radical (unpaired) electrons. The molecule has 2 aromatic carbocycles. The minimum Gasteiger partial charge on any atom is -0.445 e. The molecule has 2 unspecified atom stereocenters. The Morgan fingerprint density at radius 3 is 2.46 bits per heavy atom. The summed E-state index contributed by atoms with van der Waals surface area (Å²) in [4.78, 5) is 14.5. The third-order valence-corrected chi connectivity index (χ3v) is 5.13. The molecule has 3 nitrogen and oxygen atoms in total. The van der Waals surface area contributed by atoms with Crippen molar-refractivity contribution in [1.29, 1.82) is 0 Å². The van der Waals surface area contributed by atoms with Crippen molar-refractivity contribution >= 4 is 12.2 Å². The minimum absolute atomic E-state index is 0.160. The van der Waals surface area contributed by atoms with Crippen LogP contribution in [0.25, 0.3) is 6.08 Å². The number of carbonyl (C=O) groups is 1. The highest BCUT2D eigenvalue weighted by Gasteiger charge is 2.39. The molecule has 0 aromatic heterocycles. The standard InChI is InChI=1S/C23H23NO2/c25-23(26-17-19-9-5-2-6-10-19)24-21-13-14-22(24)16-20(15-21)12-11-18-7-3-1-4-8-18/h1-12,15,21-22H,13-14,16-17H2/b12-11+. The summed E-state index contributed by atoms with van der Waals surface area (Å²) in [7, 11) is 0. The highest BCUT2D eigenvalue weighted by Crippen LogP contribution is 2.36. The van der Waals surface area contributed by atoms with Gasteiger partial charge in [0.05, 0.1) is 6.04 Å². The van der Waals surface area contributed by atoms with Crippen LogP contribution in [0.2, 0.25) is 0 Å². The first-order chi connectivity index (χ1) is 12.8. The number of amides is 1. The van der Waals surface area contributed by atoms with Gasteiger partial charge in [-0.2, -0.15) is 0 Å². The lowest BCUT2D eigenvalue weighted by molar-refractivity contribution is 0.0820. The summed E-state index contributed by atoms with van der Waals surface area (Å²) in [5.41, 5.74) is 3.53. The van der Waals surface area contributed by atoms with E-state index in [9.17, 15) is 4.79 Å². The molecule has 1 saturated heterocycles. The monoisotopic (exact) mass is 345 g/mol. The zero-order valence-electron chi connectivity index (χ0n) is 14.8. The highest BCUT2D eigenvalue weighted by atomic mass is 16.6. The molecule has 3 heteroatoms. The summed E-state index contributed by atoms with van der Waals surface area (Å²) >= 11 is 0. The largest absolute Gasteiger partial charge is 0.445 e. The fraction of sp³-hybridized carbons (Fsp3) is 0.261. The highest BCUT2D eigenvalue weighted by molar-refractivity contribution is 5.70. The second kappa shape index (κ2) is 7.61. The summed E-state index contributed by atoms with van der Waals surface area (Å²) < 4.78 is 5.55. The van der Waals surface area contributed by atoms with Gasteiger partial charge in [0.15, 0.2) is 0 Å². The van der Waals surface area contributed by atoms with E-state index in [-0.39, 0.29) is 18.2 Å². The molecule has 0 spiro atoms. The van der Waals surface area contributed by atoms with Crippen LogP contribution >= 0.6 is 0 Å². The van der Waals surface area contributed by atoms with E-state index < -0.39 is 0 Å². The van der Waals surface area contributed by atoms with Gasteiger partial charge in [0, 0.05) is 6.04 Å². The number of benzene rings is 2. The van der Waals surface area contributed by atoms with Gasteiger partial charge in [-0.15, -0.1) is 0 Å². The molecule has 2 aliphatic rings. The van der Waals surface area contributed by atoms with Crippen molar-refractivity contribution in [2.75, 3.05) is 0 Å². The van der Waals surface area contributed by atoms with Crippen LogP contribution < -0.4 is 0 Å². The number of ether oxygens (including phenoxy) is 1. The fourth-order valence-electron chi connectivity index (χ4n) is 3.83. The van der Waals surface area contributed by atoms with Crippen molar-refractivity contribution in [3.8, 4) is 0 Å². The first-order valence-electron chi connectivity index (χ1n) is 9.22. The number of rotatable bonds is 4. The van der Waals surface area contributed by atoms with E-state index >= 15 is 0 Å². The quantitative estimate of drug-likeness (QED) is 0.762. The molecule has 2 bridgehead atoms. The van der Waals surface area contributed by atoms with Crippen molar-refractivity contribution in [1.82, 2.24) is 4.90 Å². The van der Waals surface area contributed by atoms with Gasteiger partial charge in [-0.1, -0.05) is 78.9 Å². The summed E-state index contributed by atoms with van der Waals surface area (Å²) in [6.45, 7) is 0.333. The van der Waals surface area contributed by atoms with Gasteiger partial charge >= 0.3 is 6.09 Å². The van der Waals surface area contributed by atoms with E-state index in [4.69, 9.17) is 4.74 Å². The van der Waals surface area contributed by atoms with Crippen molar-refractivity contribution < 1.29 is 9.53 Å². The number of carbonyl (C=O) groups excluding carboxylic acids is 1. The van der Waals surface area contributed by atoms with Crippen LogP contribution in [0.5, 0.6) is 0 Å². The molecule has 132 valence electrons. The second-order valence-corrected chi connectivity index (χ2v) is 6.94. The molecule has 2 aliphatic heterocycles. The van der Waals surface area contributed by atoms with Crippen LogP contribution in [0.15, 0.2) is 78.4 Å². The van der Waals surface area contributed by atoms with Crippen molar-refractivity contribution in [2.24, 2.45) is 0 Å². The molecule has 0 saturated carbocycles. The maximum absolute atomic E-state index is 12.6. The summed E-state index contributed by atoms with van der Waals surface area (Å²) in [6.07, 6.45) is 9.34. The number of fused-ring (bicyclic) bond motifs is 2. The predicted octanol–water partition coefficient (Wildman–Crippen LogP) is 5.20. The Balaban J connectivity index is 1.40. The zero-order chi connectivity index (χ0) is 17.8. The minimum atomic E-state index is -0.191. The van der Waals surface area contributed by atoms with Crippen LogP contribution in [0.1, 0.15) is 30.4 Å². The SMILES string of the molecule is O=C(OCc1ccccc1)N1C2C=C(/C=C/c3ccccc3)CC1CC2. The molecule has 2 atom stereocenters. The van der Waals surface area contributed by atoms with Gasteiger partial charge in [0.1, 0.15) is 6.61 Å². The third-order valence-electron chi connectivity index (χ3n) is 5.13. The van der Waals surface area contributed by atoms with Crippen LogP contribution in [-0.4, -0.2) is 23.1 Å². The van der Waals surface area contributed by atoms with Gasteiger partial charge in [-0.25, -0.2) is 4.79 Å². The number of allylic oxidation sites excluding steroid dienone is 1. The van der Waals surface area contributed by atoms with Gasteiger partial charge in [-0.3, -0.25) is 4.90 Å². The Labute approximate surface area is 154 Å². The summed E-state index contributed by atoms with van der Waals surface area (Å²) in [5, 5.41) is 0. The Bertz CT molecular complexity index is 811. The Kier molecular flexibility index (Phi) is 4.87. The Hall–Kier alpha value is -2.81.